The Kier molecular flexibility index (Phi) is 4.85. The Labute approximate surface area is 163 Å². The lowest BCUT2D eigenvalue weighted by Crippen LogP contribution is -2.35. The lowest BCUT2D eigenvalue weighted by Gasteiger charge is -2.28. The Morgan fingerprint density at radius 2 is 1.81 bits per heavy atom. The van der Waals surface area contributed by atoms with Gasteiger partial charge in [0.05, 0.1) is 5.69 Å². The molecule has 0 aliphatic carbocycles. The summed E-state index contributed by atoms with van der Waals surface area (Å²) in [5.74, 6) is 0.601. The Morgan fingerprint density at radius 1 is 1.11 bits per heavy atom. The lowest BCUT2D eigenvalue weighted by molar-refractivity contribution is 0.240. The van der Waals surface area contributed by atoms with Crippen molar-refractivity contribution in [2.24, 2.45) is 0 Å². The van der Waals surface area contributed by atoms with Crippen molar-refractivity contribution in [1.29, 1.82) is 0 Å². The summed E-state index contributed by atoms with van der Waals surface area (Å²) in [5.41, 5.74) is 6.38. The summed E-state index contributed by atoms with van der Waals surface area (Å²) >= 11 is 5.97. The molecule has 0 spiro atoms. The Morgan fingerprint density at radius 3 is 2.52 bits per heavy atom. The van der Waals surface area contributed by atoms with Gasteiger partial charge in [-0.3, -0.25) is 9.69 Å². The number of halogens is 1. The van der Waals surface area contributed by atoms with Crippen molar-refractivity contribution in [3.8, 4) is 11.4 Å². The lowest BCUT2D eigenvalue weighted by atomic mass is 10.0. The summed E-state index contributed by atoms with van der Waals surface area (Å²) in [6.45, 7) is 6.67. The fraction of sp³-hybridized carbons (Fsp3) is 0.273. The van der Waals surface area contributed by atoms with Gasteiger partial charge in [-0.25, -0.2) is 4.98 Å². The largest absolute Gasteiger partial charge is 0.306 e. The Bertz CT molecular complexity index is 1020. The molecule has 1 aromatic heterocycles. The average molecular weight is 380 g/mol. The van der Waals surface area contributed by atoms with E-state index in [1.807, 2.05) is 24.3 Å². The monoisotopic (exact) mass is 379 g/mol. The zero-order chi connectivity index (χ0) is 19.0. The molecule has 4 nitrogen and oxygen atoms in total. The molecule has 0 saturated heterocycles. The smallest absolute Gasteiger partial charge is 0.254 e. The normalized spacial score (nSPS) is 14.2. The summed E-state index contributed by atoms with van der Waals surface area (Å²) in [6.07, 6.45) is 0.726. The van der Waals surface area contributed by atoms with Crippen LogP contribution in [0.2, 0.25) is 5.02 Å². The molecule has 1 aliphatic rings. The van der Waals surface area contributed by atoms with Gasteiger partial charge in [0, 0.05) is 35.8 Å². The second-order valence-corrected chi connectivity index (χ2v) is 7.74. The third kappa shape index (κ3) is 3.97. The Hall–Kier alpha value is -2.43. The van der Waals surface area contributed by atoms with Gasteiger partial charge in [-0.05, 0) is 50.1 Å². The standard InChI is InChI=1S/C22H22ClN3O/c1-14-9-15(2)11-16(10-14)12-26-8-7-19-20(13-26)24-21(25-22(19)27)17-3-5-18(23)6-4-17/h3-6,9-11H,7-8,12-13H2,1-2H3,(H,24,25,27). The maximum Gasteiger partial charge on any atom is 0.254 e. The first-order valence-corrected chi connectivity index (χ1v) is 9.53. The van der Waals surface area contributed by atoms with Crippen molar-refractivity contribution in [2.75, 3.05) is 6.54 Å². The molecule has 0 atom stereocenters. The van der Waals surface area contributed by atoms with E-state index in [0.717, 1.165) is 36.3 Å². The van der Waals surface area contributed by atoms with Crippen LogP contribution < -0.4 is 5.56 Å². The summed E-state index contributed by atoms with van der Waals surface area (Å²) in [6, 6.07) is 14.0. The summed E-state index contributed by atoms with van der Waals surface area (Å²) in [4.78, 5) is 22.6. The maximum absolute atomic E-state index is 12.5. The fourth-order valence-corrected chi connectivity index (χ4v) is 3.92. The van der Waals surface area contributed by atoms with Crippen LogP contribution in [0.3, 0.4) is 0 Å². The van der Waals surface area contributed by atoms with Gasteiger partial charge in [0.25, 0.3) is 5.56 Å². The molecule has 1 aliphatic heterocycles. The van der Waals surface area contributed by atoms with E-state index in [-0.39, 0.29) is 5.56 Å². The summed E-state index contributed by atoms with van der Waals surface area (Å²) < 4.78 is 0. The van der Waals surface area contributed by atoms with Crippen molar-refractivity contribution in [3.05, 3.63) is 85.8 Å². The zero-order valence-corrected chi connectivity index (χ0v) is 16.3. The number of rotatable bonds is 3. The highest BCUT2D eigenvalue weighted by Gasteiger charge is 2.21. The molecule has 27 heavy (non-hydrogen) atoms. The van der Waals surface area contributed by atoms with Crippen molar-refractivity contribution in [2.45, 2.75) is 33.4 Å². The molecule has 138 valence electrons. The first-order chi connectivity index (χ1) is 13.0. The van der Waals surface area contributed by atoms with E-state index in [1.165, 1.54) is 16.7 Å². The highest BCUT2D eigenvalue weighted by atomic mass is 35.5. The molecule has 0 saturated carbocycles. The number of aryl methyl sites for hydroxylation is 2. The quantitative estimate of drug-likeness (QED) is 0.739. The molecule has 4 rings (SSSR count). The SMILES string of the molecule is Cc1cc(C)cc(CN2CCc3c(nc(-c4ccc(Cl)cc4)[nH]c3=O)C2)c1. The number of nitrogens with zero attached hydrogens (tertiary/aromatic N) is 2. The van der Waals surface area contributed by atoms with Gasteiger partial charge in [0.15, 0.2) is 0 Å². The van der Waals surface area contributed by atoms with Crippen LogP contribution in [0.5, 0.6) is 0 Å². The first kappa shape index (κ1) is 18.0. The van der Waals surface area contributed by atoms with E-state index in [0.29, 0.717) is 17.4 Å². The zero-order valence-electron chi connectivity index (χ0n) is 15.6. The molecular weight excluding hydrogens is 358 g/mol. The van der Waals surface area contributed by atoms with Crippen LogP contribution in [0.15, 0.2) is 47.3 Å². The van der Waals surface area contributed by atoms with Crippen LogP contribution in [0.1, 0.15) is 27.9 Å². The second kappa shape index (κ2) is 7.29. The molecule has 0 amide bonds. The van der Waals surface area contributed by atoms with Gasteiger partial charge in [0.1, 0.15) is 5.82 Å². The number of hydrogen-bond donors (Lipinski definition) is 1. The van der Waals surface area contributed by atoms with E-state index in [9.17, 15) is 4.79 Å². The van der Waals surface area contributed by atoms with Crippen LogP contribution in [-0.2, 0) is 19.5 Å². The minimum Gasteiger partial charge on any atom is -0.306 e. The van der Waals surface area contributed by atoms with Crippen LogP contribution in [-0.4, -0.2) is 21.4 Å². The number of fused-ring (bicyclic) bond motifs is 1. The molecule has 3 aromatic rings. The third-order valence-corrected chi connectivity index (χ3v) is 5.21. The Balaban J connectivity index is 1.61. The van der Waals surface area contributed by atoms with E-state index >= 15 is 0 Å². The number of aromatic nitrogens is 2. The van der Waals surface area contributed by atoms with Crippen molar-refractivity contribution in [3.63, 3.8) is 0 Å². The molecule has 0 fully saturated rings. The van der Waals surface area contributed by atoms with Gasteiger partial charge in [-0.2, -0.15) is 0 Å². The molecule has 0 bridgehead atoms. The topological polar surface area (TPSA) is 49.0 Å². The number of hydrogen-bond acceptors (Lipinski definition) is 3. The van der Waals surface area contributed by atoms with Gasteiger partial charge in [0.2, 0.25) is 0 Å². The summed E-state index contributed by atoms with van der Waals surface area (Å²) in [5, 5.41) is 0.665. The molecule has 2 aromatic carbocycles. The third-order valence-electron chi connectivity index (χ3n) is 4.96. The number of H-pyrrole nitrogens is 1. The maximum atomic E-state index is 12.5. The average Bonchev–Trinajstić information content (AvgIpc) is 2.61. The predicted molar refractivity (Wildman–Crippen MR) is 109 cm³/mol. The minimum absolute atomic E-state index is 0.0315. The molecule has 2 heterocycles. The first-order valence-electron chi connectivity index (χ1n) is 9.15. The molecule has 1 N–H and O–H groups in total. The second-order valence-electron chi connectivity index (χ2n) is 7.30. The molecule has 0 radical (unpaired) electrons. The van der Waals surface area contributed by atoms with E-state index in [1.54, 1.807) is 0 Å². The van der Waals surface area contributed by atoms with E-state index in [4.69, 9.17) is 16.6 Å². The van der Waals surface area contributed by atoms with E-state index in [2.05, 4.69) is 41.9 Å². The summed E-state index contributed by atoms with van der Waals surface area (Å²) in [7, 11) is 0. The number of benzene rings is 2. The highest BCUT2D eigenvalue weighted by molar-refractivity contribution is 6.30. The molecule has 5 heteroatoms. The van der Waals surface area contributed by atoms with Crippen molar-refractivity contribution in [1.82, 2.24) is 14.9 Å². The van der Waals surface area contributed by atoms with Crippen molar-refractivity contribution < 1.29 is 0 Å². The van der Waals surface area contributed by atoms with Crippen LogP contribution in [0, 0.1) is 13.8 Å². The number of nitrogens with one attached hydrogen (secondary N) is 1. The molecular formula is C22H22ClN3O. The number of aromatic amines is 1. The molecule has 0 unspecified atom stereocenters. The van der Waals surface area contributed by atoms with E-state index < -0.39 is 0 Å². The van der Waals surface area contributed by atoms with Crippen LogP contribution in [0.4, 0.5) is 0 Å². The van der Waals surface area contributed by atoms with Crippen LogP contribution in [0.25, 0.3) is 11.4 Å². The van der Waals surface area contributed by atoms with Crippen LogP contribution >= 0.6 is 11.6 Å². The van der Waals surface area contributed by atoms with Gasteiger partial charge >= 0.3 is 0 Å². The predicted octanol–water partition coefficient (Wildman–Crippen LogP) is 4.27. The fourth-order valence-electron chi connectivity index (χ4n) is 3.79. The van der Waals surface area contributed by atoms with Gasteiger partial charge in [-0.15, -0.1) is 0 Å². The van der Waals surface area contributed by atoms with Gasteiger partial charge in [-0.1, -0.05) is 40.9 Å². The minimum atomic E-state index is -0.0315. The van der Waals surface area contributed by atoms with Gasteiger partial charge < -0.3 is 4.98 Å². The highest BCUT2D eigenvalue weighted by Crippen LogP contribution is 2.22. The van der Waals surface area contributed by atoms with Crippen molar-refractivity contribution >= 4 is 11.6 Å².